The highest BCUT2D eigenvalue weighted by Gasteiger charge is 2.06. The smallest absolute Gasteiger partial charge is 0.0802 e. The van der Waals surface area contributed by atoms with Gasteiger partial charge in [0.2, 0.25) is 0 Å². The van der Waals surface area contributed by atoms with Crippen molar-refractivity contribution in [1.29, 1.82) is 0 Å². The summed E-state index contributed by atoms with van der Waals surface area (Å²) in [5.41, 5.74) is 6.36. The molecule has 15 heavy (non-hydrogen) atoms. The lowest BCUT2D eigenvalue weighted by atomic mass is 10.0. The number of aliphatic hydroxyl groups is 1. The Kier molecular flexibility index (Phi) is 2.99. The average Bonchev–Trinajstić information content (AvgIpc) is 2.29. The molecule has 2 aromatic rings. The van der Waals surface area contributed by atoms with Crippen molar-refractivity contribution in [1.82, 2.24) is 0 Å². The van der Waals surface area contributed by atoms with Crippen molar-refractivity contribution < 1.29 is 5.11 Å². The Labute approximate surface area is 89.3 Å². The molecule has 0 fully saturated rings. The third kappa shape index (κ3) is 2.17. The Morgan fingerprint density at radius 2 is 1.80 bits per heavy atom. The maximum absolute atomic E-state index is 9.80. The van der Waals surface area contributed by atoms with Crippen molar-refractivity contribution in [3.63, 3.8) is 0 Å². The molecule has 0 saturated carbocycles. The first-order chi connectivity index (χ1) is 7.31. The van der Waals surface area contributed by atoms with Gasteiger partial charge in [-0.05, 0) is 35.4 Å². The van der Waals surface area contributed by atoms with E-state index in [4.69, 9.17) is 5.73 Å². The molecule has 0 amide bonds. The summed E-state index contributed by atoms with van der Waals surface area (Å²) in [6.07, 6.45) is 0.165. The normalized spacial score (nSPS) is 12.9. The van der Waals surface area contributed by atoms with Gasteiger partial charge in [-0.15, -0.1) is 0 Å². The molecular formula is C13H15NO. The molecule has 0 aliphatic carbocycles. The van der Waals surface area contributed by atoms with Gasteiger partial charge in [0.25, 0.3) is 0 Å². The van der Waals surface area contributed by atoms with E-state index >= 15 is 0 Å². The highest BCUT2D eigenvalue weighted by atomic mass is 16.3. The predicted molar refractivity (Wildman–Crippen MR) is 62.6 cm³/mol. The minimum atomic E-state index is -0.445. The molecule has 2 rings (SSSR count). The number of nitrogens with two attached hydrogens (primary N) is 1. The number of hydrogen-bond donors (Lipinski definition) is 2. The van der Waals surface area contributed by atoms with Gasteiger partial charge in [0.1, 0.15) is 0 Å². The first kappa shape index (κ1) is 10.1. The van der Waals surface area contributed by atoms with E-state index in [0.29, 0.717) is 13.0 Å². The maximum atomic E-state index is 9.80. The van der Waals surface area contributed by atoms with Gasteiger partial charge >= 0.3 is 0 Å². The molecule has 2 aromatic carbocycles. The Balaban J connectivity index is 2.38. The van der Waals surface area contributed by atoms with E-state index in [-0.39, 0.29) is 0 Å². The molecule has 1 atom stereocenters. The molecule has 0 heterocycles. The van der Waals surface area contributed by atoms with Gasteiger partial charge in [-0.3, -0.25) is 0 Å². The lowest BCUT2D eigenvalue weighted by Crippen LogP contribution is -2.06. The van der Waals surface area contributed by atoms with E-state index in [0.717, 1.165) is 10.9 Å². The van der Waals surface area contributed by atoms with E-state index in [1.54, 1.807) is 0 Å². The van der Waals surface area contributed by atoms with Crippen LogP contribution in [0.5, 0.6) is 0 Å². The molecular weight excluding hydrogens is 186 g/mol. The fraction of sp³-hybridized carbons (Fsp3) is 0.231. The Hall–Kier alpha value is -1.38. The molecule has 0 spiro atoms. The van der Waals surface area contributed by atoms with Crippen LogP contribution in [0.4, 0.5) is 0 Å². The summed E-state index contributed by atoms with van der Waals surface area (Å²) >= 11 is 0. The third-order valence-electron chi connectivity index (χ3n) is 2.60. The molecule has 0 saturated heterocycles. The number of hydrogen-bond acceptors (Lipinski definition) is 2. The molecule has 0 aliphatic heterocycles. The molecule has 2 nitrogen and oxygen atoms in total. The second kappa shape index (κ2) is 4.43. The van der Waals surface area contributed by atoms with Crippen LogP contribution in [0.15, 0.2) is 42.5 Å². The molecule has 0 unspecified atom stereocenters. The third-order valence-corrected chi connectivity index (χ3v) is 2.60. The highest BCUT2D eigenvalue weighted by Crippen LogP contribution is 2.21. The van der Waals surface area contributed by atoms with Crippen molar-refractivity contribution >= 4 is 10.8 Å². The first-order valence-corrected chi connectivity index (χ1v) is 5.18. The van der Waals surface area contributed by atoms with Gasteiger partial charge in [-0.25, -0.2) is 0 Å². The van der Waals surface area contributed by atoms with Crippen LogP contribution in [-0.2, 0) is 0 Å². The van der Waals surface area contributed by atoms with Crippen LogP contribution in [0.2, 0.25) is 0 Å². The van der Waals surface area contributed by atoms with Gasteiger partial charge < -0.3 is 10.8 Å². The SMILES string of the molecule is NCC[C@H](O)c1ccc2ccccc2c1. The summed E-state index contributed by atoms with van der Waals surface area (Å²) in [7, 11) is 0. The van der Waals surface area contributed by atoms with Crippen LogP contribution in [0.3, 0.4) is 0 Å². The van der Waals surface area contributed by atoms with Crippen molar-refractivity contribution in [3.8, 4) is 0 Å². The number of fused-ring (bicyclic) bond motifs is 1. The summed E-state index contributed by atoms with van der Waals surface area (Å²) in [5, 5.41) is 12.2. The maximum Gasteiger partial charge on any atom is 0.0802 e. The topological polar surface area (TPSA) is 46.2 Å². The van der Waals surface area contributed by atoms with E-state index in [1.807, 2.05) is 36.4 Å². The van der Waals surface area contributed by atoms with Crippen LogP contribution >= 0.6 is 0 Å². The Morgan fingerprint density at radius 3 is 2.53 bits per heavy atom. The zero-order chi connectivity index (χ0) is 10.7. The fourth-order valence-electron chi connectivity index (χ4n) is 1.74. The van der Waals surface area contributed by atoms with Crippen molar-refractivity contribution in [2.45, 2.75) is 12.5 Å². The van der Waals surface area contributed by atoms with Crippen molar-refractivity contribution in [2.24, 2.45) is 5.73 Å². The molecule has 0 radical (unpaired) electrons. The zero-order valence-corrected chi connectivity index (χ0v) is 8.56. The highest BCUT2D eigenvalue weighted by molar-refractivity contribution is 5.83. The molecule has 3 N–H and O–H groups in total. The number of rotatable bonds is 3. The van der Waals surface area contributed by atoms with Gasteiger partial charge in [-0.2, -0.15) is 0 Å². The Morgan fingerprint density at radius 1 is 1.07 bits per heavy atom. The molecule has 0 bridgehead atoms. The first-order valence-electron chi connectivity index (χ1n) is 5.18. The van der Waals surface area contributed by atoms with Crippen LogP contribution in [0.1, 0.15) is 18.1 Å². The summed E-state index contributed by atoms with van der Waals surface area (Å²) in [4.78, 5) is 0. The minimum Gasteiger partial charge on any atom is -0.388 e. The van der Waals surface area contributed by atoms with Crippen LogP contribution in [-0.4, -0.2) is 11.7 Å². The van der Waals surface area contributed by atoms with Crippen LogP contribution < -0.4 is 5.73 Å². The molecule has 0 aliphatic rings. The predicted octanol–water partition coefficient (Wildman–Crippen LogP) is 2.22. The van der Waals surface area contributed by atoms with Crippen LogP contribution in [0.25, 0.3) is 10.8 Å². The summed E-state index contributed by atoms with van der Waals surface area (Å²) in [6.45, 7) is 0.508. The van der Waals surface area contributed by atoms with E-state index in [2.05, 4.69) is 6.07 Å². The monoisotopic (exact) mass is 201 g/mol. The summed E-state index contributed by atoms with van der Waals surface area (Å²) in [6, 6.07) is 14.1. The second-order valence-electron chi connectivity index (χ2n) is 3.70. The largest absolute Gasteiger partial charge is 0.388 e. The second-order valence-corrected chi connectivity index (χ2v) is 3.70. The average molecular weight is 201 g/mol. The van der Waals surface area contributed by atoms with Gasteiger partial charge in [0.15, 0.2) is 0 Å². The molecule has 0 aromatic heterocycles. The number of aliphatic hydroxyl groups excluding tert-OH is 1. The lowest BCUT2D eigenvalue weighted by molar-refractivity contribution is 0.170. The van der Waals surface area contributed by atoms with Crippen molar-refractivity contribution in [2.75, 3.05) is 6.54 Å². The van der Waals surface area contributed by atoms with E-state index in [1.165, 1.54) is 5.39 Å². The molecule has 78 valence electrons. The zero-order valence-electron chi connectivity index (χ0n) is 8.56. The minimum absolute atomic E-state index is 0.445. The quantitative estimate of drug-likeness (QED) is 0.799. The number of benzene rings is 2. The van der Waals surface area contributed by atoms with Crippen LogP contribution in [0, 0.1) is 0 Å². The molecule has 2 heteroatoms. The van der Waals surface area contributed by atoms with Crippen molar-refractivity contribution in [3.05, 3.63) is 48.0 Å². The van der Waals surface area contributed by atoms with E-state index in [9.17, 15) is 5.11 Å². The van der Waals surface area contributed by atoms with Gasteiger partial charge in [-0.1, -0.05) is 36.4 Å². The fourth-order valence-corrected chi connectivity index (χ4v) is 1.74. The standard InChI is InChI=1S/C13H15NO/c14-8-7-13(15)12-6-5-10-3-1-2-4-11(10)9-12/h1-6,9,13,15H,7-8,14H2/t13-/m0/s1. The van der Waals surface area contributed by atoms with Gasteiger partial charge in [0.05, 0.1) is 6.10 Å². The summed E-state index contributed by atoms with van der Waals surface area (Å²) < 4.78 is 0. The Bertz CT molecular complexity index is 453. The lowest BCUT2D eigenvalue weighted by Gasteiger charge is -2.10. The van der Waals surface area contributed by atoms with E-state index < -0.39 is 6.10 Å². The van der Waals surface area contributed by atoms with Gasteiger partial charge in [0, 0.05) is 0 Å². The summed E-state index contributed by atoms with van der Waals surface area (Å²) in [5.74, 6) is 0.